The Kier molecular flexibility index (Phi) is 6.46. The lowest BCUT2D eigenvalue weighted by atomic mass is 9.93. The topological polar surface area (TPSA) is 35.6 Å². The molecule has 0 aromatic heterocycles. The molecule has 1 aromatic carbocycles. The highest BCUT2D eigenvalue weighted by atomic mass is 16.2. The fourth-order valence-corrected chi connectivity index (χ4v) is 4.76. The third kappa shape index (κ3) is 5.55. The molecule has 1 amide bonds. The van der Waals surface area contributed by atoms with Crippen LogP contribution in [0, 0.1) is 5.92 Å². The number of nitrogens with zero attached hydrogens (tertiary/aromatic N) is 2. The summed E-state index contributed by atoms with van der Waals surface area (Å²) in [6, 6.07) is 12.0. The lowest BCUT2D eigenvalue weighted by Gasteiger charge is -2.42. The SMILES string of the molecule is O=C(NC1CC1)[C@H]1CCCN(C2CCN(CCCc3ccccc3)CC2)C1. The van der Waals surface area contributed by atoms with Crippen molar-refractivity contribution in [2.24, 2.45) is 5.92 Å². The maximum absolute atomic E-state index is 12.4. The van der Waals surface area contributed by atoms with Gasteiger partial charge in [0.2, 0.25) is 5.91 Å². The Morgan fingerprint density at radius 3 is 2.52 bits per heavy atom. The van der Waals surface area contributed by atoms with Gasteiger partial charge in [-0.15, -0.1) is 0 Å². The van der Waals surface area contributed by atoms with Gasteiger partial charge < -0.3 is 10.2 Å². The zero-order chi connectivity index (χ0) is 18.5. The van der Waals surface area contributed by atoms with E-state index in [1.165, 1.54) is 76.7 Å². The van der Waals surface area contributed by atoms with E-state index in [-0.39, 0.29) is 5.92 Å². The first-order valence-corrected chi connectivity index (χ1v) is 11.1. The molecule has 1 atom stereocenters. The molecule has 1 saturated carbocycles. The first-order chi connectivity index (χ1) is 13.3. The monoisotopic (exact) mass is 369 g/mol. The Bertz CT molecular complexity index is 593. The summed E-state index contributed by atoms with van der Waals surface area (Å²) in [5.41, 5.74) is 1.45. The van der Waals surface area contributed by atoms with Crippen LogP contribution in [-0.2, 0) is 11.2 Å². The van der Waals surface area contributed by atoms with Gasteiger partial charge in [0.15, 0.2) is 0 Å². The second-order valence-electron chi connectivity index (χ2n) is 8.78. The van der Waals surface area contributed by atoms with Gasteiger partial charge in [-0.25, -0.2) is 0 Å². The molecule has 0 unspecified atom stereocenters. The number of carbonyl (C=O) groups excluding carboxylic acids is 1. The van der Waals surface area contributed by atoms with Gasteiger partial charge in [-0.05, 0) is 83.1 Å². The van der Waals surface area contributed by atoms with Crippen molar-refractivity contribution in [3.8, 4) is 0 Å². The normalized spacial score (nSPS) is 25.4. The highest BCUT2D eigenvalue weighted by Crippen LogP contribution is 2.26. The van der Waals surface area contributed by atoms with E-state index < -0.39 is 0 Å². The van der Waals surface area contributed by atoms with Crippen molar-refractivity contribution in [1.29, 1.82) is 0 Å². The summed E-state index contributed by atoms with van der Waals surface area (Å²) in [7, 11) is 0. The van der Waals surface area contributed by atoms with Crippen LogP contribution in [0.1, 0.15) is 50.5 Å². The first-order valence-electron chi connectivity index (χ1n) is 11.1. The molecule has 1 aliphatic carbocycles. The number of hydrogen-bond acceptors (Lipinski definition) is 3. The van der Waals surface area contributed by atoms with Crippen LogP contribution in [-0.4, -0.2) is 60.5 Å². The number of benzene rings is 1. The predicted molar refractivity (Wildman–Crippen MR) is 110 cm³/mol. The number of aryl methyl sites for hydroxylation is 1. The van der Waals surface area contributed by atoms with Gasteiger partial charge in [0.05, 0.1) is 5.92 Å². The Morgan fingerprint density at radius 1 is 1.00 bits per heavy atom. The fourth-order valence-electron chi connectivity index (χ4n) is 4.76. The third-order valence-electron chi connectivity index (χ3n) is 6.60. The summed E-state index contributed by atoms with van der Waals surface area (Å²) in [6.07, 6.45) is 9.60. The highest BCUT2D eigenvalue weighted by molar-refractivity contribution is 5.79. The average Bonchev–Trinajstić information content (AvgIpc) is 3.53. The molecule has 3 aliphatic rings. The lowest BCUT2D eigenvalue weighted by Crippen LogP contribution is -2.51. The van der Waals surface area contributed by atoms with E-state index in [9.17, 15) is 4.79 Å². The van der Waals surface area contributed by atoms with Crippen molar-refractivity contribution in [1.82, 2.24) is 15.1 Å². The zero-order valence-corrected chi connectivity index (χ0v) is 16.6. The standard InChI is InChI=1S/C23H35N3O/c27-23(24-21-10-11-21)20-9-5-15-26(18-20)22-12-16-25(17-13-22)14-4-8-19-6-2-1-3-7-19/h1-3,6-7,20-22H,4-5,8-18H2,(H,24,27)/t20-/m0/s1. The van der Waals surface area contributed by atoms with E-state index in [1.807, 2.05) is 0 Å². The molecule has 4 heteroatoms. The number of rotatable bonds is 7. The summed E-state index contributed by atoms with van der Waals surface area (Å²) < 4.78 is 0. The van der Waals surface area contributed by atoms with E-state index in [0.29, 0.717) is 18.0 Å². The smallest absolute Gasteiger partial charge is 0.224 e. The van der Waals surface area contributed by atoms with Gasteiger partial charge in [0, 0.05) is 18.6 Å². The number of nitrogens with one attached hydrogen (secondary N) is 1. The van der Waals surface area contributed by atoms with Crippen molar-refractivity contribution in [3.63, 3.8) is 0 Å². The molecule has 148 valence electrons. The molecular weight excluding hydrogens is 334 g/mol. The van der Waals surface area contributed by atoms with E-state index >= 15 is 0 Å². The van der Waals surface area contributed by atoms with Crippen molar-refractivity contribution >= 4 is 5.91 Å². The van der Waals surface area contributed by atoms with Crippen LogP contribution in [0.3, 0.4) is 0 Å². The van der Waals surface area contributed by atoms with E-state index in [4.69, 9.17) is 0 Å². The molecule has 2 heterocycles. The Labute approximate surface area is 164 Å². The van der Waals surface area contributed by atoms with Crippen LogP contribution in [0.15, 0.2) is 30.3 Å². The molecular formula is C23H35N3O. The van der Waals surface area contributed by atoms with Gasteiger partial charge in [-0.2, -0.15) is 0 Å². The summed E-state index contributed by atoms with van der Waals surface area (Å²) in [6.45, 7) is 5.82. The maximum atomic E-state index is 12.4. The summed E-state index contributed by atoms with van der Waals surface area (Å²) in [4.78, 5) is 17.7. The number of carbonyl (C=O) groups is 1. The van der Waals surface area contributed by atoms with Crippen LogP contribution in [0.5, 0.6) is 0 Å². The quantitative estimate of drug-likeness (QED) is 0.802. The average molecular weight is 370 g/mol. The number of hydrogen-bond donors (Lipinski definition) is 1. The van der Waals surface area contributed by atoms with Crippen LogP contribution in [0.25, 0.3) is 0 Å². The second-order valence-corrected chi connectivity index (χ2v) is 8.78. The van der Waals surface area contributed by atoms with Gasteiger partial charge in [0.25, 0.3) is 0 Å². The predicted octanol–water partition coefficient (Wildman–Crippen LogP) is 3.07. The van der Waals surface area contributed by atoms with Gasteiger partial charge in [-0.3, -0.25) is 9.69 Å². The minimum Gasteiger partial charge on any atom is -0.353 e. The largest absolute Gasteiger partial charge is 0.353 e. The minimum atomic E-state index is 0.225. The Balaban J connectivity index is 1.16. The van der Waals surface area contributed by atoms with Crippen molar-refractivity contribution in [3.05, 3.63) is 35.9 Å². The lowest BCUT2D eigenvalue weighted by molar-refractivity contribution is -0.127. The molecule has 3 fully saturated rings. The van der Waals surface area contributed by atoms with Gasteiger partial charge >= 0.3 is 0 Å². The molecule has 0 bridgehead atoms. The Morgan fingerprint density at radius 2 is 1.78 bits per heavy atom. The Hall–Kier alpha value is -1.39. The molecule has 4 rings (SSSR count). The van der Waals surface area contributed by atoms with E-state index in [0.717, 1.165) is 13.0 Å². The molecule has 2 aliphatic heterocycles. The highest BCUT2D eigenvalue weighted by Gasteiger charge is 2.33. The van der Waals surface area contributed by atoms with Gasteiger partial charge in [0.1, 0.15) is 0 Å². The molecule has 27 heavy (non-hydrogen) atoms. The van der Waals surface area contributed by atoms with Crippen molar-refractivity contribution < 1.29 is 4.79 Å². The molecule has 0 radical (unpaired) electrons. The summed E-state index contributed by atoms with van der Waals surface area (Å²) in [5.74, 6) is 0.545. The third-order valence-corrected chi connectivity index (χ3v) is 6.60. The van der Waals surface area contributed by atoms with Crippen LogP contribution in [0.2, 0.25) is 0 Å². The van der Waals surface area contributed by atoms with Crippen molar-refractivity contribution in [2.75, 3.05) is 32.7 Å². The zero-order valence-electron chi connectivity index (χ0n) is 16.6. The molecule has 1 N–H and O–H groups in total. The first kappa shape index (κ1) is 18.9. The number of piperidine rings is 2. The van der Waals surface area contributed by atoms with E-state index in [2.05, 4.69) is 45.4 Å². The summed E-state index contributed by atoms with van der Waals surface area (Å²) >= 11 is 0. The van der Waals surface area contributed by atoms with Crippen molar-refractivity contribution in [2.45, 2.75) is 63.5 Å². The maximum Gasteiger partial charge on any atom is 0.224 e. The summed E-state index contributed by atoms with van der Waals surface area (Å²) in [5, 5.41) is 3.22. The number of amides is 1. The van der Waals surface area contributed by atoms with E-state index in [1.54, 1.807) is 0 Å². The second kappa shape index (κ2) is 9.20. The van der Waals surface area contributed by atoms with Crippen LogP contribution >= 0.6 is 0 Å². The van der Waals surface area contributed by atoms with Crippen LogP contribution < -0.4 is 5.32 Å². The molecule has 4 nitrogen and oxygen atoms in total. The molecule has 2 saturated heterocycles. The molecule has 0 spiro atoms. The number of likely N-dealkylation sites (tertiary alicyclic amines) is 2. The fraction of sp³-hybridized carbons (Fsp3) is 0.696. The minimum absolute atomic E-state index is 0.225. The van der Waals surface area contributed by atoms with Gasteiger partial charge in [-0.1, -0.05) is 30.3 Å². The van der Waals surface area contributed by atoms with Crippen LogP contribution in [0.4, 0.5) is 0 Å². The molecule has 1 aromatic rings.